The second-order valence-corrected chi connectivity index (χ2v) is 7.91. The number of carbonyl (C=O) groups excluding carboxylic acids is 1. The minimum atomic E-state index is -4.46. The monoisotopic (exact) mass is 418 g/mol. The van der Waals surface area contributed by atoms with Crippen LogP contribution in [0.2, 0.25) is 0 Å². The van der Waals surface area contributed by atoms with E-state index in [-0.39, 0.29) is 17.6 Å². The van der Waals surface area contributed by atoms with E-state index in [9.17, 15) is 18.0 Å². The molecule has 1 saturated carbocycles. The summed E-state index contributed by atoms with van der Waals surface area (Å²) >= 11 is 0. The van der Waals surface area contributed by atoms with Gasteiger partial charge >= 0.3 is 6.18 Å². The van der Waals surface area contributed by atoms with Crippen LogP contribution in [0.5, 0.6) is 0 Å². The first-order valence-corrected chi connectivity index (χ1v) is 10.2. The number of amides is 1. The normalized spacial score (nSPS) is 16.0. The van der Waals surface area contributed by atoms with E-state index in [4.69, 9.17) is 0 Å². The van der Waals surface area contributed by atoms with E-state index in [2.05, 4.69) is 10.6 Å². The largest absolute Gasteiger partial charge is 0.670 e. The van der Waals surface area contributed by atoms with Gasteiger partial charge in [-0.05, 0) is 31.0 Å². The van der Waals surface area contributed by atoms with Crippen molar-refractivity contribution < 1.29 is 18.0 Å². The predicted octanol–water partition coefficient (Wildman–Crippen LogP) is 5.97. The van der Waals surface area contributed by atoms with Crippen molar-refractivity contribution >= 4 is 17.3 Å². The molecule has 1 N–H and O–H groups in total. The van der Waals surface area contributed by atoms with Gasteiger partial charge in [-0.1, -0.05) is 61.2 Å². The first-order valence-electron chi connectivity index (χ1n) is 10.2. The number of anilines is 1. The van der Waals surface area contributed by atoms with Crippen molar-refractivity contribution in [2.75, 3.05) is 19.0 Å². The van der Waals surface area contributed by atoms with Crippen LogP contribution in [0.25, 0.3) is 5.32 Å². The first kappa shape index (κ1) is 22.0. The fourth-order valence-electron chi connectivity index (χ4n) is 3.68. The van der Waals surface area contributed by atoms with Crippen LogP contribution in [0.1, 0.15) is 49.3 Å². The molecule has 1 amide bonds. The van der Waals surface area contributed by atoms with Gasteiger partial charge in [-0.15, -0.1) is 5.69 Å². The van der Waals surface area contributed by atoms with Gasteiger partial charge in [-0.3, -0.25) is 4.79 Å². The minimum absolute atomic E-state index is 0.0894. The molecule has 3 rings (SSSR count). The Bertz CT molecular complexity index is 844. The van der Waals surface area contributed by atoms with Gasteiger partial charge in [0.25, 0.3) is 0 Å². The van der Waals surface area contributed by atoms with Gasteiger partial charge < -0.3 is 15.5 Å². The molecule has 162 valence electrons. The van der Waals surface area contributed by atoms with Crippen LogP contribution in [0.15, 0.2) is 48.5 Å². The fourth-order valence-corrected chi connectivity index (χ4v) is 3.68. The summed E-state index contributed by atoms with van der Waals surface area (Å²) in [4.78, 5) is 15.0. The summed E-state index contributed by atoms with van der Waals surface area (Å²) in [6.45, 7) is 0. The lowest BCUT2D eigenvalue weighted by atomic mass is 9.95. The van der Waals surface area contributed by atoms with Gasteiger partial charge in [0, 0.05) is 25.8 Å². The highest BCUT2D eigenvalue weighted by Gasteiger charge is 2.30. The zero-order valence-electron chi connectivity index (χ0n) is 17.2. The molecule has 1 fully saturated rings. The molecule has 30 heavy (non-hydrogen) atoms. The number of alkyl halides is 3. The highest BCUT2D eigenvalue weighted by molar-refractivity contribution is 5.88. The molecular formula is C23H27F3N3O-. The van der Waals surface area contributed by atoms with Gasteiger partial charge in [0.05, 0.1) is 5.56 Å². The molecule has 1 atom stereocenters. The van der Waals surface area contributed by atoms with E-state index in [0.29, 0.717) is 5.56 Å². The number of nitrogens with one attached hydrogen (secondary N) is 1. The minimum Gasteiger partial charge on any atom is -0.670 e. The average Bonchev–Trinajstić information content (AvgIpc) is 2.72. The molecule has 7 heteroatoms. The summed E-state index contributed by atoms with van der Waals surface area (Å²) in [5.74, 6) is -0.281. The summed E-state index contributed by atoms with van der Waals surface area (Å²) in [5.41, 5.74) is 0.957. The summed E-state index contributed by atoms with van der Waals surface area (Å²) in [5, 5.41) is 7.47. The highest BCUT2D eigenvalue weighted by Crippen LogP contribution is 2.37. The van der Waals surface area contributed by atoms with E-state index >= 15 is 0 Å². The molecule has 0 aromatic heterocycles. The van der Waals surface area contributed by atoms with Crippen molar-refractivity contribution in [1.82, 2.24) is 5.32 Å². The quantitative estimate of drug-likeness (QED) is 0.629. The molecule has 4 nitrogen and oxygen atoms in total. The maximum atomic E-state index is 13.1. The molecule has 1 unspecified atom stereocenters. The molecule has 0 radical (unpaired) electrons. The standard InChI is InChI=1S/C23H27F3N3O/c1-29(2)20-13-11-16(12-14-20)21(22(30)28-18-8-4-3-5-9-18)27-19-10-6-7-17(15-19)23(24,25)26/h6-7,10-15,18,21H,3-5,8-9H2,1-2H3,(H,28,30)/q-1. The third-order valence-corrected chi connectivity index (χ3v) is 5.38. The molecule has 0 heterocycles. The summed E-state index contributed by atoms with van der Waals surface area (Å²) in [6.07, 6.45) is 0.675. The van der Waals surface area contributed by atoms with Crippen LogP contribution in [-0.2, 0) is 11.0 Å². The van der Waals surface area contributed by atoms with E-state index in [0.717, 1.165) is 49.9 Å². The number of benzene rings is 2. The molecule has 2 aromatic rings. The smallest absolute Gasteiger partial charge is 0.416 e. The zero-order valence-corrected chi connectivity index (χ0v) is 17.2. The van der Waals surface area contributed by atoms with E-state index in [1.807, 2.05) is 31.1 Å². The Labute approximate surface area is 175 Å². The Kier molecular flexibility index (Phi) is 6.90. The third kappa shape index (κ3) is 5.68. The Morgan fingerprint density at radius 3 is 2.33 bits per heavy atom. The lowest BCUT2D eigenvalue weighted by Crippen LogP contribution is -2.38. The molecule has 1 aliphatic carbocycles. The van der Waals surface area contributed by atoms with E-state index in [1.165, 1.54) is 12.1 Å². The van der Waals surface area contributed by atoms with Crippen LogP contribution < -0.4 is 10.2 Å². The fraction of sp³-hybridized carbons (Fsp3) is 0.435. The number of rotatable bonds is 6. The number of nitrogens with zero attached hydrogens (tertiary/aromatic N) is 2. The van der Waals surface area contributed by atoms with Crippen LogP contribution in [-0.4, -0.2) is 26.0 Å². The lowest BCUT2D eigenvalue weighted by Gasteiger charge is -2.35. The highest BCUT2D eigenvalue weighted by atomic mass is 19.4. The van der Waals surface area contributed by atoms with Crippen molar-refractivity contribution in [2.24, 2.45) is 0 Å². The lowest BCUT2D eigenvalue weighted by molar-refractivity contribution is -0.137. The molecule has 0 aliphatic heterocycles. The van der Waals surface area contributed by atoms with Crippen molar-refractivity contribution in [2.45, 2.75) is 50.4 Å². The van der Waals surface area contributed by atoms with Crippen molar-refractivity contribution in [3.05, 3.63) is 65.0 Å². The number of hydrogen-bond donors (Lipinski definition) is 1. The molecule has 2 aromatic carbocycles. The van der Waals surface area contributed by atoms with Crippen molar-refractivity contribution in [1.29, 1.82) is 0 Å². The molecule has 0 saturated heterocycles. The summed E-state index contributed by atoms with van der Waals surface area (Å²) in [7, 11) is 3.82. The maximum Gasteiger partial charge on any atom is 0.416 e. The SMILES string of the molecule is CN(C)c1ccc(C([N-]c2cccc(C(F)(F)F)c2)C(=O)NC2CCCCC2)cc1. The van der Waals surface area contributed by atoms with Gasteiger partial charge in [0.2, 0.25) is 5.91 Å². The van der Waals surface area contributed by atoms with Crippen molar-refractivity contribution in [3.8, 4) is 0 Å². The first-order chi connectivity index (χ1) is 14.2. The maximum absolute atomic E-state index is 13.1. The number of halogens is 3. The zero-order chi connectivity index (χ0) is 21.7. The van der Waals surface area contributed by atoms with Crippen LogP contribution >= 0.6 is 0 Å². The predicted molar refractivity (Wildman–Crippen MR) is 113 cm³/mol. The van der Waals surface area contributed by atoms with Gasteiger partial charge in [0.1, 0.15) is 0 Å². The third-order valence-electron chi connectivity index (χ3n) is 5.38. The Hall–Kier alpha value is -2.70. The topological polar surface area (TPSA) is 46.4 Å². The van der Waals surface area contributed by atoms with E-state index in [1.54, 1.807) is 12.1 Å². The molecule has 0 bridgehead atoms. The number of carbonyl (C=O) groups is 1. The van der Waals surface area contributed by atoms with Crippen LogP contribution in [0.3, 0.4) is 0 Å². The second-order valence-electron chi connectivity index (χ2n) is 7.91. The van der Waals surface area contributed by atoms with Gasteiger partial charge in [0.15, 0.2) is 0 Å². The van der Waals surface area contributed by atoms with E-state index < -0.39 is 17.8 Å². The van der Waals surface area contributed by atoms with Crippen LogP contribution in [0.4, 0.5) is 24.5 Å². The van der Waals surface area contributed by atoms with Crippen LogP contribution in [0, 0.1) is 0 Å². The summed E-state index contributed by atoms with van der Waals surface area (Å²) in [6, 6.07) is 11.3. The Balaban J connectivity index is 1.85. The summed E-state index contributed by atoms with van der Waals surface area (Å²) < 4.78 is 39.3. The molecule has 1 aliphatic rings. The Morgan fingerprint density at radius 2 is 1.73 bits per heavy atom. The van der Waals surface area contributed by atoms with Crippen molar-refractivity contribution in [3.63, 3.8) is 0 Å². The second kappa shape index (κ2) is 9.41. The average molecular weight is 418 g/mol. The van der Waals surface area contributed by atoms with Gasteiger partial charge in [-0.2, -0.15) is 13.2 Å². The Morgan fingerprint density at radius 1 is 1.07 bits per heavy atom. The van der Waals surface area contributed by atoms with Gasteiger partial charge in [-0.25, -0.2) is 0 Å². The molecular weight excluding hydrogens is 391 g/mol. The number of hydrogen-bond acceptors (Lipinski definition) is 2. The molecule has 0 spiro atoms.